The van der Waals surface area contributed by atoms with Crippen LogP contribution in [0.25, 0.3) is 0 Å². The lowest BCUT2D eigenvalue weighted by molar-refractivity contribution is -0.127. The summed E-state index contributed by atoms with van der Waals surface area (Å²) in [7, 11) is 0. The number of amides is 1. The maximum absolute atomic E-state index is 12.5. The minimum absolute atomic E-state index is 0.0343. The number of nitrogens with one attached hydrogen (secondary N) is 1. The van der Waals surface area contributed by atoms with E-state index in [1.165, 1.54) is 22.6 Å². The van der Waals surface area contributed by atoms with Crippen LogP contribution in [0.5, 0.6) is 0 Å². The summed E-state index contributed by atoms with van der Waals surface area (Å²) < 4.78 is 0. The first kappa shape index (κ1) is 14.9. The van der Waals surface area contributed by atoms with E-state index in [0.717, 1.165) is 32.4 Å². The molecule has 3 rings (SSSR count). The molecule has 0 saturated carbocycles. The van der Waals surface area contributed by atoms with Crippen LogP contribution in [0, 0.1) is 0 Å². The van der Waals surface area contributed by atoms with Crippen LogP contribution in [0.4, 0.5) is 0 Å². The molecule has 1 fully saturated rings. The minimum atomic E-state index is -0.0343. The van der Waals surface area contributed by atoms with Crippen LogP contribution in [0.15, 0.2) is 24.3 Å². The van der Waals surface area contributed by atoms with Crippen molar-refractivity contribution in [1.82, 2.24) is 10.2 Å². The fraction of sp³-hybridized carbons (Fsp3) is 0.588. The number of hydrogen-bond donors (Lipinski definition) is 1. The molecule has 2 aliphatic heterocycles. The Labute approximate surface area is 131 Å². The fourth-order valence-corrected chi connectivity index (χ4v) is 4.28. The van der Waals surface area contributed by atoms with E-state index in [1.54, 1.807) is 0 Å². The van der Waals surface area contributed by atoms with Crippen LogP contribution in [0.1, 0.15) is 30.9 Å². The van der Waals surface area contributed by atoms with Crippen LogP contribution >= 0.6 is 11.8 Å². The van der Waals surface area contributed by atoms with E-state index in [-0.39, 0.29) is 11.9 Å². The molecule has 0 radical (unpaired) electrons. The second kappa shape index (κ2) is 6.84. The van der Waals surface area contributed by atoms with Crippen molar-refractivity contribution in [1.29, 1.82) is 0 Å². The van der Waals surface area contributed by atoms with E-state index >= 15 is 0 Å². The monoisotopic (exact) mass is 304 g/mol. The van der Waals surface area contributed by atoms with Gasteiger partial charge in [-0.3, -0.25) is 9.69 Å². The summed E-state index contributed by atoms with van der Waals surface area (Å²) in [5.41, 5.74) is 2.81. The molecule has 1 N–H and O–H groups in total. The van der Waals surface area contributed by atoms with Gasteiger partial charge in [0, 0.05) is 19.1 Å². The second-order valence-corrected chi connectivity index (χ2v) is 7.29. The van der Waals surface area contributed by atoms with Gasteiger partial charge in [0.05, 0.1) is 6.04 Å². The number of thioether (sulfide) groups is 1. The van der Waals surface area contributed by atoms with Gasteiger partial charge in [-0.15, -0.1) is 0 Å². The number of rotatable bonds is 3. The predicted octanol–water partition coefficient (Wildman–Crippen LogP) is 2.45. The highest BCUT2D eigenvalue weighted by molar-refractivity contribution is 7.99. The summed E-state index contributed by atoms with van der Waals surface area (Å²) in [6.07, 6.45) is 3.28. The third-order valence-electron chi connectivity index (χ3n) is 4.66. The quantitative estimate of drug-likeness (QED) is 0.931. The summed E-state index contributed by atoms with van der Waals surface area (Å²) in [6, 6.07) is 8.94. The molecule has 114 valence electrons. The van der Waals surface area contributed by atoms with Crippen molar-refractivity contribution in [3.05, 3.63) is 35.4 Å². The summed E-state index contributed by atoms with van der Waals surface area (Å²) in [4.78, 5) is 14.8. The molecule has 1 amide bonds. The Morgan fingerprint density at radius 2 is 2.00 bits per heavy atom. The van der Waals surface area contributed by atoms with E-state index < -0.39 is 0 Å². The van der Waals surface area contributed by atoms with Gasteiger partial charge in [-0.05, 0) is 48.8 Å². The van der Waals surface area contributed by atoms with Crippen molar-refractivity contribution in [2.75, 3.05) is 18.1 Å². The minimum Gasteiger partial charge on any atom is -0.352 e. The highest BCUT2D eigenvalue weighted by atomic mass is 32.2. The molecule has 21 heavy (non-hydrogen) atoms. The van der Waals surface area contributed by atoms with Crippen LogP contribution in [-0.2, 0) is 17.8 Å². The molecule has 1 aromatic carbocycles. The first-order valence-electron chi connectivity index (χ1n) is 7.93. The smallest absolute Gasteiger partial charge is 0.237 e. The average molecular weight is 304 g/mol. The van der Waals surface area contributed by atoms with Crippen molar-refractivity contribution in [2.45, 2.75) is 44.8 Å². The van der Waals surface area contributed by atoms with Crippen LogP contribution < -0.4 is 5.32 Å². The predicted molar refractivity (Wildman–Crippen MR) is 88.5 cm³/mol. The standard InChI is InChI=1S/C17H24N2OS/c1-13(17(20)18-16-7-10-21-11-8-16)19-9-6-14-4-2-3-5-15(14)12-19/h2-5,13,16H,6-12H2,1H3,(H,18,20)/t13-/m0/s1. The number of carbonyl (C=O) groups is 1. The van der Waals surface area contributed by atoms with Gasteiger partial charge in [0.1, 0.15) is 0 Å². The summed E-state index contributed by atoms with van der Waals surface area (Å²) in [5.74, 6) is 2.55. The highest BCUT2D eigenvalue weighted by Crippen LogP contribution is 2.21. The Hall–Kier alpha value is -1.00. The Morgan fingerprint density at radius 3 is 2.76 bits per heavy atom. The van der Waals surface area contributed by atoms with Crippen molar-refractivity contribution >= 4 is 17.7 Å². The third-order valence-corrected chi connectivity index (χ3v) is 5.70. The van der Waals surface area contributed by atoms with Gasteiger partial charge in [-0.25, -0.2) is 0 Å². The molecule has 1 aromatic rings. The van der Waals surface area contributed by atoms with Gasteiger partial charge in [0.2, 0.25) is 5.91 Å². The first-order chi connectivity index (χ1) is 10.2. The van der Waals surface area contributed by atoms with Crippen molar-refractivity contribution in [3.8, 4) is 0 Å². The summed E-state index contributed by atoms with van der Waals surface area (Å²) in [5, 5.41) is 3.25. The number of hydrogen-bond acceptors (Lipinski definition) is 3. The van der Waals surface area contributed by atoms with E-state index in [9.17, 15) is 4.79 Å². The van der Waals surface area contributed by atoms with Crippen LogP contribution in [0.2, 0.25) is 0 Å². The summed E-state index contributed by atoms with van der Waals surface area (Å²) in [6.45, 7) is 3.91. The first-order valence-corrected chi connectivity index (χ1v) is 9.08. The lowest BCUT2D eigenvalue weighted by Crippen LogP contribution is -2.50. The topological polar surface area (TPSA) is 32.3 Å². The Balaban J connectivity index is 1.58. The Bertz CT molecular complexity index is 499. The van der Waals surface area contributed by atoms with E-state index in [0.29, 0.717) is 6.04 Å². The zero-order chi connectivity index (χ0) is 14.7. The maximum Gasteiger partial charge on any atom is 0.237 e. The van der Waals surface area contributed by atoms with Gasteiger partial charge in [0.25, 0.3) is 0 Å². The van der Waals surface area contributed by atoms with Gasteiger partial charge in [0.15, 0.2) is 0 Å². The molecular formula is C17H24N2OS. The summed E-state index contributed by atoms with van der Waals surface area (Å²) >= 11 is 1.99. The Morgan fingerprint density at radius 1 is 1.29 bits per heavy atom. The molecule has 1 saturated heterocycles. The number of nitrogens with zero attached hydrogens (tertiary/aromatic N) is 1. The number of benzene rings is 1. The highest BCUT2D eigenvalue weighted by Gasteiger charge is 2.26. The van der Waals surface area contributed by atoms with E-state index in [4.69, 9.17) is 0 Å². The van der Waals surface area contributed by atoms with Crippen molar-refractivity contribution in [2.24, 2.45) is 0 Å². The fourth-order valence-electron chi connectivity index (χ4n) is 3.18. The van der Waals surface area contributed by atoms with Crippen molar-refractivity contribution < 1.29 is 4.79 Å². The van der Waals surface area contributed by atoms with Gasteiger partial charge in [-0.2, -0.15) is 11.8 Å². The molecule has 0 aromatic heterocycles. The molecular weight excluding hydrogens is 280 g/mol. The lowest BCUT2D eigenvalue weighted by Gasteiger charge is -2.34. The molecule has 0 spiro atoms. The van der Waals surface area contributed by atoms with E-state index in [1.807, 2.05) is 18.7 Å². The van der Waals surface area contributed by atoms with Gasteiger partial charge in [-0.1, -0.05) is 24.3 Å². The maximum atomic E-state index is 12.5. The third kappa shape index (κ3) is 3.61. The zero-order valence-corrected chi connectivity index (χ0v) is 13.5. The van der Waals surface area contributed by atoms with Crippen LogP contribution in [0.3, 0.4) is 0 Å². The molecule has 3 nitrogen and oxygen atoms in total. The molecule has 2 heterocycles. The lowest BCUT2D eigenvalue weighted by atomic mass is 9.98. The average Bonchev–Trinajstić information content (AvgIpc) is 2.54. The molecule has 1 atom stereocenters. The Kier molecular flexibility index (Phi) is 4.86. The van der Waals surface area contributed by atoms with Gasteiger partial charge >= 0.3 is 0 Å². The van der Waals surface area contributed by atoms with Crippen molar-refractivity contribution in [3.63, 3.8) is 0 Å². The van der Waals surface area contributed by atoms with E-state index in [2.05, 4.69) is 34.5 Å². The zero-order valence-electron chi connectivity index (χ0n) is 12.7. The molecule has 2 aliphatic rings. The largest absolute Gasteiger partial charge is 0.352 e. The molecule has 0 bridgehead atoms. The normalized spacial score (nSPS) is 21.6. The second-order valence-electron chi connectivity index (χ2n) is 6.06. The van der Waals surface area contributed by atoms with Gasteiger partial charge < -0.3 is 5.32 Å². The van der Waals surface area contributed by atoms with Crippen LogP contribution in [-0.4, -0.2) is 40.9 Å². The molecule has 0 aliphatic carbocycles. The number of carbonyl (C=O) groups excluding carboxylic acids is 1. The molecule has 4 heteroatoms. The molecule has 0 unspecified atom stereocenters. The SMILES string of the molecule is C[C@@H](C(=O)NC1CCSCC1)N1CCc2ccccc2C1. The number of fused-ring (bicyclic) bond motifs is 1.